The highest BCUT2D eigenvalue weighted by Crippen LogP contribution is 2.51. The summed E-state index contributed by atoms with van der Waals surface area (Å²) in [6.45, 7) is 3.91. The second-order valence-corrected chi connectivity index (χ2v) is 8.11. The Balaban J connectivity index is 1.92. The van der Waals surface area contributed by atoms with Gasteiger partial charge in [-0.25, -0.2) is 13.8 Å². The first-order valence-electron chi connectivity index (χ1n) is 9.28. The SMILES string of the molecule is CC[C@]1(c2cnc(C)o2)CC[C@H](SC)c2cc(-c3c(F)cccc3F)nnc21. The van der Waals surface area contributed by atoms with Crippen LogP contribution in [0.25, 0.3) is 11.3 Å². The second kappa shape index (κ2) is 7.28. The molecule has 0 saturated heterocycles. The van der Waals surface area contributed by atoms with E-state index in [9.17, 15) is 8.78 Å². The largest absolute Gasteiger partial charge is 0.445 e. The number of thioether (sulfide) groups is 1. The molecule has 4 nitrogen and oxygen atoms in total. The van der Waals surface area contributed by atoms with Crippen LogP contribution >= 0.6 is 11.8 Å². The highest BCUT2D eigenvalue weighted by Gasteiger charge is 2.44. The smallest absolute Gasteiger partial charge is 0.191 e. The van der Waals surface area contributed by atoms with Crippen molar-refractivity contribution in [3.63, 3.8) is 0 Å². The Labute approximate surface area is 166 Å². The third-order valence-corrected chi connectivity index (χ3v) is 6.72. The quantitative estimate of drug-likeness (QED) is 0.569. The topological polar surface area (TPSA) is 51.8 Å². The average Bonchev–Trinajstić information content (AvgIpc) is 3.13. The number of aryl methyl sites for hydroxylation is 1. The Hall–Kier alpha value is -2.28. The molecular formula is C21H21F2N3OS. The zero-order chi connectivity index (χ0) is 19.9. The molecule has 0 unspecified atom stereocenters. The van der Waals surface area contributed by atoms with Crippen molar-refractivity contribution in [1.29, 1.82) is 0 Å². The number of rotatable bonds is 4. The highest BCUT2D eigenvalue weighted by atomic mass is 32.2. The first-order chi connectivity index (χ1) is 13.5. The van der Waals surface area contributed by atoms with Gasteiger partial charge in [-0.15, -0.1) is 5.10 Å². The number of halogens is 2. The summed E-state index contributed by atoms with van der Waals surface area (Å²) >= 11 is 1.71. The minimum atomic E-state index is -0.640. The van der Waals surface area contributed by atoms with E-state index < -0.39 is 17.0 Å². The molecule has 0 aliphatic heterocycles. The van der Waals surface area contributed by atoms with Crippen LogP contribution < -0.4 is 0 Å². The minimum absolute atomic E-state index is 0.138. The van der Waals surface area contributed by atoms with Crippen LogP contribution in [-0.4, -0.2) is 21.4 Å². The lowest BCUT2D eigenvalue weighted by atomic mass is 9.69. The van der Waals surface area contributed by atoms with E-state index in [0.717, 1.165) is 36.3 Å². The van der Waals surface area contributed by atoms with Crippen molar-refractivity contribution in [3.05, 3.63) is 65.0 Å². The number of oxazole rings is 1. The molecule has 0 fully saturated rings. The number of hydrogen-bond acceptors (Lipinski definition) is 5. The maximum Gasteiger partial charge on any atom is 0.191 e. The summed E-state index contributed by atoms with van der Waals surface area (Å²) in [6.07, 6.45) is 6.34. The van der Waals surface area contributed by atoms with E-state index in [1.54, 1.807) is 24.0 Å². The van der Waals surface area contributed by atoms with Gasteiger partial charge >= 0.3 is 0 Å². The molecule has 3 aromatic rings. The van der Waals surface area contributed by atoms with Crippen LogP contribution in [0.15, 0.2) is 34.9 Å². The molecule has 0 radical (unpaired) electrons. The maximum atomic E-state index is 14.3. The lowest BCUT2D eigenvalue weighted by Crippen LogP contribution is -2.34. The van der Waals surface area contributed by atoms with Crippen molar-refractivity contribution < 1.29 is 13.2 Å². The molecule has 1 aliphatic carbocycles. The Morgan fingerprint density at radius 3 is 2.61 bits per heavy atom. The molecule has 0 spiro atoms. The number of benzene rings is 1. The molecule has 2 heterocycles. The van der Waals surface area contributed by atoms with Crippen LogP contribution in [-0.2, 0) is 5.41 Å². The van der Waals surface area contributed by atoms with Crippen molar-refractivity contribution in [2.24, 2.45) is 0 Å². The number of fused-ring (bicyclic) bond motifs is 1. The van der Waals surface area contributed by atoms with Gasteiger partial charge in [-0.1, -0.05) is 13.0 Å². The lowest BCUT2D eigenvalue weighted by Gasteiger charge is -2.38. The number of aromatic nitrogens is 3. The molecule has 1 aliphatic rings. The van der Waals surface area contributed by atoms with Crippen LogP contribution in [0, 0.1) is 18.6 Å². The molecule has 7 heteroatoms. The molecule has 0 N–H and O–H groups in total. The first-order valence-corrected chi connectivity index (χ1v) is 10.6. The molecule has 28 heavy (non-hydrogen) atoms. The number of nitrogens with zero attached hydrogens (tertiary/aromatic N) is 3. The van der Waals surface area contributed by atoms with Crippen LogP contribution in [0.5, 0.6) is 0 Å². The fourth-order valence-electron chi connectivity index (χ4n) is 4.13. The van der Waals surface area contributed by atoms with Crippen molar-refractivity contribution >= 4 is 11.8 Å². The van der Waals surface area contributed by atoms with Gasteiger partial charge in [0, 0.05) is 12.2 Å². The van der Waals surface area contributed by atoms with Gasteiger partial charge in [0.05, 0.1) is 28.6 Å². The summed E-state index contributed by atoms with van der Waals surface area (Å²) in [4.78, 5) is 4.27. The molecule has 2 atom stereocenters. The van der Waals surface area contributed by atoms with Gasteiger partial charge in [0.25, 0.3) is 0 Å². The summed E-state index contributed by atoms with van der Waals surface area (Å²) in [5, 5.41) is 8.91. The normalized spacial score (nSPS) is 21.5. The zero-order valence-electron chi connectivity index (χ0n) is 16.0. The summed E-state index contributed by atoms with van der Waals surface area (Å²) in [7, 11) is 0. The van der Waals surface area contributed by atoms with Crippen molar-refractivity contribution in [2.75, 3.05) is 6.26 Å². The van der Waals surface area contributed by atoms with E-state index in [4.69, 9.17) is 4.42 Å². The Kier molecular flexibility index (Phi) is 4.95. The number of hydrogen-bond donors (Lipinski definition) is 0. The van der Waals surface area contributed by atoms with Crippen LogP contribution in [0.3, 0.4) is 0 Å². The minimum Gasteiger partial charge on any atom is -0.445 e. The van der Waals surface area contributed by atoms with E-state index in [1.165, 1.54) is 18.2 Å². The van der Waals surface area contributed by atoms with Gasteiger partial charge in [0.15, 0.2) is 5.89 Å². The molecule has 4 rings (SSSR count). The first kappa shape index (κ1) is 19.1. The fourth-order valence-corrected chi connectivity index (χ4v) is 4.91. The molecule has 0 saturated carbocycles. The van der Waals surface area contributed by atoms with E-state index in [1.807, 2.05) is 13.2 Å². The van der Waals surface area contributed by atoms with Crippen LogP contribution in [0.1, 0.15) is 54.3 Å². The van der Waals surface area contributed by atoms with E-state index in [-0.39, 0.29) is 16.5 Å². The van der Waals surface area contributed by atoms with E-state index in [0.29, 0.717) is 5.89 Å². The lowest BCUT2D eigenvalue weighted by molar-refractivity contribution is 0.313. The summed E-state index contributed by atoms with van der Waals surface area (Å²) in [5.41, 5.74) is 1.43. The van der Waals surface area contributed by atoms with Crippen molar-refractivity contribution in [2.45, 2.75) is 43.8 Å². The molecular weight excluding hydrogens is 380 g/mol. The molecule has 0 bridgehead atoms. The predicted octanol–water partition coefficient (Wildman–Crippen LogP) is 5.61. The molecule has 2 aromatic heterocycles. The summed E-state index contributed by atoms with van der Waals surface area (Å²) in [5.74, 6) is 0.0959. The molecule has 0 amide bonds. The van der Waals surface area contributed by atoms with Gasteiger partial charge in [0.1, 0.15) is 17.4 Å². The van der Waals surface area contributed by atoms with E-state index in [2.05, 4.69) is 22.1 Å². The summed E-state index contributed by atoms with van der Waals surface area (Å²) in [6, 6.07) is 5.61. The Morgan fingerprint density at radius 1 is 1.25 bits per heavy atom. The van der Waals surface area contributed by atoms with Crippen LogP contribution in [0.4, 0.5) is 8.78 Å². The highest BCUT2D eigenvalue weighted by molar-refractivity contribution is 7.98. The van der Waals surface area contributed by atoms with Crippen molar-refractivity contribution in [3.8, 4) is 11.3 Å². The monoisotopic (exact) mass is 401 g/mol. The fraction of sp³-hybridized carbons (Fsp3) is 0.381. The van der Waals surface area contributed by atoms with Crippen molar-refractivity contribution in [1.82, 2.24) is 15.2 Å². The second-order valence-electron chi connectivity index (χ2n) is 7.07. The molecule has 1 aromatic carbocycles. The van der Waals surface area contributed by atoms with Crippen LogP contribution in [0.2, 0.25) is 0 Å². The predicted molar refractivity (Wildman–Crippen MR) is 105 cm³/mol. The maximum absolute atomic E-state index is 14.3. The zero-order valence-corrected chi connectivity index (χ0v) is 16.8. The van der Waals surface area contributed by atoms with Gasteiger partial charge in [-0.2, -0.15) is 16.9 Å². The standard InChI is InChI=1S/C21H21F2N3OS/c1-4-21(18-11-24-12(2)27-18)9-8-17(28-3)13-10-16(25-26-20(13)21)19-14(22)6-5-7-15(19)23/h5-7,10-11,17H,4,8-9H2,1-3H3/t17-,21+/m0/s1. The van der Waals surface area contributed by atoms with Gasteiger partial charge in [-0.05, 0) is 49.3 Å². The third kappa shape index (κ3) is 2.92. The van der Waals surface area contributed by atoms with Gasteiger partial charge in [0.2, 0.25) is 0 Å². The summed E-state index contributed by atoms with van der Waals surface area (Å²) < 4.78 is 34.5. The molecule has 146 valence electrons. The Morgan fingerprint density at radius 2 is 2.00 bits per heavy atom. The van der Waals surface area contributed by atoms with E-state index >= 15 is 0 Å². The average molecular weight is 401 g/mol. The third-order valence-electron chi connectivity index (χ3n) is 5.66. The van der Waals surface area contributed by atoms with Gasteiger partial charge < -0.3 is 4.42 Å². The van der Waals surface area contributed by atoms with Gasteiger partial charge in [-0.3, -0.25) is 0 Å². The Bertz CT molecular complexity index is 1000.